The second kappa shape index (κ2) is 4.36. The minimum atomic E-state index is -5.08. The molecule has 1 spiro atoms. The fourth-order valence-corrected chi connectivity index (χ4v) is 1.27. The maximum atomic E-state index is 10.6. The fourth-order valence-electron chi connectivity index (χ4n) is 1.27. The Morgan fingerprint density at radius 1 is 1.33 bits per heavy atom. The smallest absolute Gasteiger partial charge is 0.475 e. The van der Waals surface area contributed by atoms with Crippen molar-refractivity contribution in [2.45, 2.75) is 24.6 Å². The number of halogens is 3. The summed E-state index contributed by atoms with van der Waals surface area (Å²) in [7, 11) is 0. The van der Waals surface area contributed by atoms with Crippen LogP contribution in [-0.4, -0.2) is 42.5 Å². The van der Waals surface area contributed by atoms with Gasteiger partial charge in [-0.15, -0.1) is 0 Å². The van der Waals surface area contributed by atoms with Gasteiger partial charge in [0.05, 0.1) is 12.2 Å². The van der Waals surface area contributed by atoms with Gasteiger partial charge < -0.3 is 15.2 Å². The van der Waals surface area contributed by atoms with Crippen LogP contribution in [0.3, 0.4) is 0 Å². The first-order valence-electron chi connectivity index (χ1n) is 4.51. The molecule has 0 radical (unpaired) electrons. The highest BCUT2D eigenvalue weighted by molar-refractivity contribution is 5.73. The molecule has 4 nitrogen and oxygen atoms in total. The van der Waals surface area contributed by atoms with Crippen molar-refractivity contribution >= 4 is 5.97 Å². The van der Waals surface area contributed by atoms with Crippen molar-refractivity contribution in [1.29, 1.82) is 0 Å². The van der Waals surface area contributed by atoms with Crippen molar-refractivity contribution in [2.75, 3.05) is 19.7 Å². The molecule has 2 saturated heterocycles. The molecule has 0 atom stereocenters. The van der Waals surface area contributed by atoms with E-state index in [0.717, 1.165) is 19.7 Å². The van der Waals surface area contributed by atoms with E-state index in [4.69, 9.17) is 14.6 Å². The van der Waals surface area contributed by atoms with E-state index in [0.29, 0.717) is 5.60 Å². The zero-order valence-corrected chi connectivity index (χ0v) is 7.93. The average Bonchev–Trinajstić information content (AvgIpc) is 2.86. The number of ether oxygens (including phenoxy) is 1. The van der Waals surface area contributed by atoms with E-state index in [1.807, 2.05) is 0 Å². The van der Waals surface area contributed by atoms with Crippen LogP contribution in [0, 0.1) is 0 Å². The molecule has 2 heterocycles. The van der Waals surface area contributed by atoms with Crippen molar-refractivity contribution in [2.24, 2.45) is 0 Å². The van der Waals surface area contributed by atoms with Gasteiger partial charge in [-0.3, -0.25) is 0 Å². The Hall–Kier alpha value is -0.820. The number of epoxide rings is 1. The number of hydrogen-bond acceptors (Lipinski definition) is 3. The lowest BCUT2D eigenvalue weighted by atomic mass is 10.00. The van der Waals surface area contributed by atoms with Crippen LogP contribution in [0.15, 0.2) is 0 Å². The summed E-state index contributed by atoms with van der Waals surface area (Å²) >= 11 is 0. The number of hydrogen-bond donors (Lipinski definition) is 2. The molecule has 0 amide bonds. The lowest BCUT2D eigenvalue weighted by Gasteiger charge is -2.17. The van der Waals surface area contributed by atoms with Gasteiger partial charge in [-0.1, -0.05) is 0 Å². The Balaban J connectivity index is 0.000000153. The molecule has 0 aromatic heterocycles. The SMILES string of the molecule is C1CC2(CCN1)CO2.O=C(O)C(F)(F)F. The lowest BCUT2D eigenvalue weighted by Crippen LogP contribution is -2.32. The number of carbonyl (C=O) groups is 1. The molecule has 0 aromatic carbocycles. The molecule has 2 N–H and O–H groups in total. The molecule has 2 fully saturated rings. The van der Waals surface area contributed by atoms with Crippen molar-refractivity contribution in [1.82, 2.24) is 5.32 Å². The van der Waals surface area contributed by atoms with Gasteiger partial charge in [0, 0.05) is 0 Å². The highest BCUT2D eigenvalue weighted by Gasteiger charge is 2.44. The van der Waals surface area contributed by atoms with Crippen LogP contribution in [0.2, 0.25) is 0 Å². The Kier molecular flexibility index (Phi) is 3.56. The highest BCUT2D eigenvalue weighted by Crippen LogP contribution is 2.35. The third-order valence-electron chi connectivity index (χ3n) is 2.31. The minimum absolute atomic E-state index is 0.366. The van der Waals surface area contributed by atoms with Gasteiger partial charge in [0.25, 0.3) is 0 Å². The summed E-state index contributed by atoms with van der Waals surface area (Å²) in [6.07, 6.45) is -2.63. The van der Waals surface area contributed by atoms with Gasteiger partial charge in [0.1, 0.15) is 0 Å². The number of carboxylic acids is 1. The molecule has 0 bridgehead atoms. The quantitative estimate of drug-likeness (QED) is 0.600. The first kappa shape index (κ1) is 12.3. The molecule has 88 valence electrons. The molecule has 0 unspecified atom stereocenters. The van der Waals surface area contributed by atoms with Gasteiger partial charge in [0.2, 0.25) is 0 Å². The maximum Gasteiger partial charge on any atom is 0.490 e. The molecular weight excluding hydrogens is 215 g/mol. The molecule has 2 rings (SSSR count). The Bertz CT molecular complexity index is 230. The van der Waals surface area contributed by atoms with E-state index in [2.05, 4.69) is 5.32 Å². The maximum absolute atomic E-state index is 10.6. The Morgan fingerprint density at radius 2 is 1.73 bits per heavy atom. The van der Waals surface area contributed by atoms with E-state index in [1.165, 1.54) is 12.8 Å². The second-order valence-corrected chi connectivity index (χ2v) is 3.52. The summed E-state index contributed by atoms with van der Waals surface area (Å²) in [6.45, 7) is 3.33. The molecule has 15 heavy (non-hydrogen) atoms. The number of nitrogens with one attached hydrogen (secondary N) is 1. The number of alkyl halides is 3. The van der Waals surface area contributed by atoms with Crippen LogP contribution in [0.4, 0.5) is 13.2 Å². The molecule has 0 aromatic rings. The summed E-state index contributed by atoms with van der Waals surface area (Å²) in [5, 5.41) is 10.4. The van der Waals surface area contributed by atoms with Crippen LogP contribution >= 0.6 is 0 Å². The third kappa shape index (κ3) is 4.05. The van der Waals surface area contributed by atoms with E-state index in [-0.39, 0.29) is 0 Å². The van der Waals surface area contributed by atoms with Gasteiger partial charge in [-0.2, -0.15) is 13.2 Å². The van der Waals surface area contributed by atoms with Crippen molar-refractivity contribution in [3.05, 3.63) is 0 Å². The third-order valence-corrected chi connectivity index (χ3v) is 2.31. The molecular formula is C8H12F3NO3. The van der Waals surface area contributed by atoms with E-state index in [1.54, 1.807) is 0 Å². The van der Waals surface area contributed by atoms with Crippen LogP contribution in [-0.2, 0) is 9.53 Å². The fraction of sp³-hybridized carbons (Fsp3) is 0.875. The normalized spacial score (nSPS) is 22.9. The molecule has 2 aliphatic heterocycles. The standard InChI is InChI=1S/C6H11NO.C2HF3O2/c1-3-7-4-2-6(1)5-8-6;3-2(4,5)1(6)7/h7H,1-5H2;(H,6,7). The predicted molar refractivity (Wildman–Crippen MR) is 44.5 cm³/mol. The van der Waals surface area contributed by atoms with E-state index in [9.17, 15) is 13.2 Å². The number of carboxylic acid groups (broad SMARTS) is 1. The number of piperidine rings is 1. The van der Waals surface area contributed by atoms with Crippen LogP contribution < -0.4 is 5.32 Å². The minimum Gasteiger partial charge on any atom is -0.475 e. The largest absolute Gasteiger partial charge is 0.490 e. The monoisotopic (exact) mass is 227 g/mol. The first-order valence-corrected chi connectivity index (χ1v) is 4.51. The topological polar surface area (TPSA) is 61.9 Å². The zero-order valence-electron chi connectivity index (χ0n) is 7.93. The van der Waals surface area contributed by atoms with Gasteiger partial charge in [-0.05, 0) is 25.9 Å². The molecule has 0 aliphatic carbocycles. The van der Waals surface area contributed by atoms with Gasteiger partial charge in [-0.25, -0.2) is 4.79 Å². The summed E-state index contributed by atoms with van der Waals surface area (Å²) in [5.41, 5.74) is 0.366. The van der Waals surface area contributed by atoms with Crippen molar-refractivity contribution < 1.29 is 27.8 Å². The molecule has 0 saturated carbocycles. The Morgan fingerprint density at radius 3 is 1.93 bits per heavy atom. The summed E-state index contributed by atoms with van der Waals surface area (Å²) in [5.74, 6) is -2.76. The second-order valence-electron chi connectivity index (χ2n) is 3.52. The van der Waals surface area contributed by atoms with Gasteiger partial charge in [0.15, 0.2) is 0 Å². The molecule has 7 heteroatoms. The van der Waals surface area contributed by atoms with Crippen LogP contribution in [0.1, 0.15) is 12.8 Å². The van der Waals surface area contributed by atoms with Crippen molar-refractivity contribution in [3.8, 4) is 0 Å². The van der Waals surface area contributed by atoms with Crippen LogP contribution in [0.5, 0.6) is 0 Å². The lowest BCUT2D eigenvalue weighted by molar-refractivity contribution is -0.192. The average molecular weight is 227 g/mol. The predicted octanol–water partition coefficient (Wildman–Crippen LogP) is 0.772. The first-order chi connectivity index (χ1) is 6.86. The van der Waals surface area contributed by atoms with Crippen LogP contribution in [0.25, 0.3) is 0 Å². The summed E-state index contributed by atoms with van der Waals surface area (Å²) < 4.78 is 37.0. The number of aliphatic carboxylic acids is 1. The summed E-state index contributed by atoms with van der Waals surface area (Å²) in [4.78, 5) is 8.90. The number of rotatable bonds is 0. The highest BCUT2D eigenvalue weighted by atomic mass is 19.4. The van der Waals surface area contributed by atoms with Crippen molar-refractivity contribution in [3.63, 3.8) is 0 Å². The van der Waals surface area contributed by atoms with E-state index < -0.39 is 12.1 Å². The Labute approximate surface area is 84.4 Å². The zero-order chi connectivity index (χ0) is 11.5. The molecule has 2 aliphatic rings. The van der Waals surface area contributed by atoms with Gasteiger partial charge >= 0.3 is 12.1 Å². The van der Waals surface area contributed by atoms with E-state index >= 15 is 0 Å². The summed E-state index contributed by atoms with van der Waals surface area (Å²) in [6, 6.07) is 0.